The maximum Gasteiger partial charge on any atom is 0.321 e. The first kappa shape index (κ1) is 16.9. The lowest BCUT2D eigenvalue weighted by atomic mass is 10.2. The Morgan fingerprint density at radius 1 is 1.47 bits per heavy atom. The molecule has 0 bridgehead atoms. The van der Waals surface area contributed by atoms with Gasteiger partial charge in [-0.2, -0.15) is 0 Å². The highest BCUT2D eigenvalue weighted by molar-refractivity contribution is 5.85. The lowest BCUT2D eigenvalue weighted by molar-refractivity contribution is -0.386. The predicted octanol–water partition coefficient (Wildman–Crippen LogP) is 2.07. The second-order valence-corrected chi connectivity index (χ2v) is 3.41. The van der Waals surface area contributed by atoms with Gasteiger partial charge in [-0.15, -0.1) is 12.4 Å². The molecule has 1 rings (SSSR count). The molecule has 1 aromatic carbocycles. The minimum Gasteiger partial charge on any atom is -0.487 e. The Morgan fingerprint density at radius 3 is 2.68 bits per heavy atom. The third kappa shape index (κ3) is 4.92. The number of aliphatic carboxylic acids is 1. The van der Waals surface area contributed by atoms with Crippen LogP contribution in [0, 0.1) is 10.1 Å². The zero-order valence-corrected chi connectivity index (χ0v) is 10.6. The molecule has 8 heteroatoms. The summed E-state index contributed by atoms with van der Waals surface area (Å²) >= 11 is 0. The Balaban J connectivity index is 0.00000324. The van der Waals surface area contributed by atoms with E-state index in [2.05, 4.69) is 0 Å². The summed E-state index contributed by atoms with van der Waals surface area (Å²) in [6.45, 7) is 0.0372. The molecule has 0 unspecified atom stereocenters. The van der Waals surface area contributed by atoms with Crippen LogP contribution in [0.3, 0.4) is 0 Å². The average Bonchev–Trinajstić information content (AvgIpc) is 2.33. The normalized spacial score (nSPS) is 9.26. The van der Waals surface area contributed by atoms with E-state index >= 15 is 0 Å². The number of ether oxygens (including phenoxy) is 1. The minimum absolute atomic E-state index is 0. The van der Waals surface area contributed by atoms with E-state index in [1.165, 1.54) is 18.2 Å². The first-order chi connectivity index (χ1) is 8.56. The van der Waals surface area contributed by atoms with Gasteiger partial charge >= 0.3 is 11.7 Å². The number of carbonyl (C=O) groups is 2. The first-order valence-corrected chi connectivity index (χ1v) is 5.13. The standard InChI is InChI=1S/C11H11NO6.ClH/c13-7-8-3-1-4-9(11(8)12(16)17)18-6-2-5-10(14)15;/h1,3-4,7H,2,5-6H2,(H,14,15);1H. The second-order valence-electron chi connectivity index (χ2n) is 3.41. The Bertz CT molecular complexity index is 476. The highest BCUT2D eigenvalue weighted by Crippen LogP contribution is 2.29. The van der Waals surface area contributed by atoms with E-state index in [0.717, 1.165) is 0 Å². The van der Waals surface area contributed by atoms with Crippen molar-refractivity contribution >= 4 is 30.3 Å². The molecule has 0 amide bonds. The monoisotopic (exact) mass is 289 g/mol. The molecule has 0 heterocycles. The van der Waals surface area contributed by atoms with Crippen molar-refractivity contribution in [2.45, 2.75) is 12.8 Å². The number of carboxylic acid groups (broad SMARTS) is 1. The molecule has 1 aromatic rings. The van der Waals surface area contributed by atoms with E-state index < -0.39 is 16.6 Å². The summed E-state index contributed by atoms with van der Waals surface area (Å²) in [5.74, 6) is -0.996. The molecule has 0 radical (unpaired) electrons. The van der Waals surface area contributed by atoms with E-state index in [9.17, 15) is 19.7 Å². The van der Waals surface area contributed by atoms with Crippen molar-refractivity contribution in [3.8, 4) is 5.75 Å². The summed E-state index contributed by atoms with van der Waals surface area (Å²) in [4.78, 5) is 31.1. The average molecular weight is 290 g/mol. The van der Waals surface area contributed by atoms with Crippen molar-refractivity contribution in [1.29, 1.82) is 0 Å². The van der Waals surface area contributed by atoms with Crippen LogP contribution in [0.2, 0.25) is 0 Å². The van der Waals surface area contributed by atoms with Gasteiger partial charge < -0.3 is 9.84 Å². The number of nitro benzene ring substituents is 1. The maximum atomic E-state index is 10.8. The number of nitro groups is 1. The molecule has 0 aliphatic heterocycles. The lowest BCUT2D eigenvalue weighted by Crippen LogP contribution is -2.05. The number of hydrogen-bond donors (Lipinski definition) is 1. The van der Waals surface area contributed by atoms with Crippen molar-refractivity contribution in [3.05, 3.63) is 33.9 Å². The largest absolute Gasteiger partial charge is 0.487 e. The van der Waals surface area contributed by atoms with Crippen LogP contribution in [0.1, 0.15) is 23.2 Å². The zero-order chi connectivity index (χ0) is 13.5. The van der Waals surface area contributed by atoms with E-state index in [-0.39, 0.29) is 43.2 Å². The smallest absolute Gasteiger partial charge is 0.321 e. The van der Waals surface area contributed by atoms with Gasteiger partial charge in [0.05, 0.1) is 17.1 Å². The van der Waals surface area contributed by atoms with Gasteiger partial charge in [0.15, 0.2) is 12.0 Å². The zero-order valence-electron chi connectivity index (χ0n) is 9.77. The predicted molar refractivity (Wildman–Crippen MR) is 68.1 cm³/mol. The summed E-state index contributed by atoms with van der Waals surface area (Å²) in [6, 6.07) is 4.14. The summed E-state index contributed by atoms with van der Waals surface area (Å²) in [7, 11) is 0. The number of halogens is 1. The van der Waals surface area contributed by atoms with Crippen molar-refractivity contribution in [1.82, 2.24) is 0 Å². The molecule has 0 aliphatic rings. The molecule has 0 fully saturated rings. The van der Waals surface area contributed by atoms with Crippen molar-refractivity contribution in [3.63, 3.8) is 0 Å². The van der Waals surface area contributed by atoms with Crippen LogP contribution in [-0.2, 0) is 4.79 Å². The SMILES string of the molecule is Cl.O=Cc1cccc(OCCCC(=O)O)c1[N+](=O)[O-]. The molecular weight excluding hydrogens is 278 g/mol. The Morgan fingerprint density at radius 2 is 2.16 bits per heavy atom. The highest BCUT2D eigenvalue weighted by Gasteiger charge is 2.20. The van der Waals surface area contributed by atoms with Crippen molar-refractivity contribution in [2.75, 3.05) is 6.61 Å². The molecule has 0 atom stereocenters. The van der Waals surface area contributed by atoms with Gasteiger partial charge in [-0.25, -0.2) is 0 Å². The Labute approximate surface area is 114 Å². The lowest BCUT2D eigenvalue weighted by Gasteiger charge is -2.06. The van der Waals surface area contributed by atoms with Crippen LogP contribution in [0.5, 0.6) is 5.75 Å². The number of aldehydes is 1. The molecule has 1 N–H and O–H groups in total. The first-order valence-electron chi connectivity index (χ1n) is 5.13. The van der Waals surface area contributed by atoms with Crippen LogP contribution in [0.4, 0.5) is 5.69 Å². The van der Waals surface area contributed by atoms with E-state index in [1.54, 1.807) is 0 Å². The van der Waals surface area contributed by atoms with Gasteiger partial charge in [0, 0.05) is 6.42 Å². The van der Waals surface area contributed by atoms with E-state index in [0.29, 0.717) is 6.29 Å². The molecule has 0 aromatic heterocycles. The molecule has 0 saturated heterocycles. The van der Waals surface area contributed by atoms with Crippen LogP contribution in [0.25, 0.3) is 0 Å². The maximum absolute atomic E-state index is 10.8. The molecule has 19 heavy (non-hydrogen) atoms. The fraction of sp³-hybridized carbons (Fsp3) is 0.273. The van der Waals surface area contributed by atoms with Gasteiger partial charge in [-0.3, -0.25) is 19.7 Å². The summed E-state index contributed by atoms with van der Waals surface area (Å²) in [6.07, 6.45) is 0.529. The van der Waals surface area contributed by atoms with Crippen molar-refractivity contribution < 1.29 is 24.4 Å². The van der Waals surface area contributed by atoms with Gasteiger partial charge in [0.25, 0.3) is 0 Å². The number of carbonyl (C=O) groups excluding carboxylic acids is 1. The highest BCUT2D eigenvalue weighted by atomic mass is 35.5. The molecular formula is C11H12ClNO6. The summed E-state index contributed by atoms with van der Waals surface area (Å²) in [5, 5.41) is 19.2. The third-order valence-corrected chi connectivity index (χ3v) is 2.13. The summed E-state index contributed by atoms with van der Waals surface area (Å²) < 4.78 is 5.13. The summed E-state index contributed by atoms with van der Waals surface area (Å²) in [5.41, 5.74) is -0.474. The number of nitrogens with zero attached hydrogens (tertiary/aromatic N) is 1. The van der Waals surface area contributed by atoms with Gasteiger partial charge in [-0.05, 0) is 18.6 Å². The van der Waals surface area contributed by atoms with Crippen LogP contribution < -0.4 is 4.74 Å². The minimum atomic E-state index is -0.963. The van der Waals surface area contributed by atoms with Gasteiger partial charge in [-0.1, -0.05) is 6.07 Å². The topological polar surface area (TPSA) is 107 Å². The van der Waals surface area contributed by atoms with E-state index in [1.807, 2.05) is 0 Å². The van der Waals surface area contributed by atoms with Crippen molar-refractivity contribution in [2.24, 2.45) is 0 Å². The number of carboxylic acids is 1. The van der Waals surface area contributed by atoms with Crippen LogP contribution in [0.15, 0.2) is 18.2 Å². The molecule has 7 nitrogen and oxygen atoms in total. The second kappa shape index (κ2) is 8.04. The van der Waals surface area contributed by atoms with Gasteiger partial charge in [0.1, 0.15) is 0 Å². The number of rotatable bonds is 7. The quantitative estimate of drug-likeness (QED) is 0.356. The van der Waals surface area contributed by atoms with Crippen LogP contribution in [-0.4, -0.2) is 28.9 Å². The fourth-order valence-electron chi connectivity index (χ4n) is 1.35. The number of hydrogen-bond acceptors (Lipinski definition) is 5. The van der Waals surface area contributed by atoms with Gasteiger partial charge in [0.2, 0.25) is 0 Å². The Hall–Kier alpha value is -2.15. The fourth-order valence-corrected chi connectivity index (χ4v) is 1.35. The third-order valence-electron chi connectivity index (χ3n) is 2.13. The Kier molecular flexibility index (Phi) is 7.13. The molecule has 0 saturated carbocycles. The molecule has 104 valence electrons. The number of para-hydroxylation sites is 1. The number of benzene rings is 1. The van der Waals surface area contributed by atoms with E-state index in [4.69, 9.17) is 9.84 Å². The molecule has 0 aliphatic carbocycles. The molecule has 0 spiro atoms. The van der Waals surface area contributed by atoms with Crippen LogP contribution >= 0.6 is 12.4 Å².